The summed E-state index contributed by atoms with van der Waals surface area (Å²) in [6.07, 6.45) is 6.64. The van der Waals surface area contributed by atoms with Crippen molar-refractivity contribution in [1.29, 1.82) is 0 Å². The standard InChI is InChI=1S/C14H21N5/c15-18-12-6-13(17-14(16-12)9-4-5-9)19-7-10-2-1-3-11(10)8-19/h6,9-11H,1-5,7-8,15H2,(H,16,17,18). The van der Waals surface area contributed by atoms with E-state index in [1.165, 1.54) is 32.1 Å². The van der Waals surface area contributed by atoms with Gasteiger partial charge in [0, 0.05) is 25.1 Å². The lowest BCUT2D eigenvalue weighted by molar-refractivity contribution is 0.494. The van der Waals surface area contributed by atoms with E-state index in [-0.39, 0.29) is 0 Å². The molecule has 19 heavy (non-hydrogen) atoms. The van der Waals surface area contributed by atoms with Crippen LogP contribution in [-0.2, 0) is 0 Å². The minimum Gasteiger partial charge on any atom is -0.356 e. The van der Waals surface area contributed by atoms with Gasteiger partial charge in [-0.15, -0.1) is 0 Å². The first kappa shape index (κ1) is 11.5. The van der Waals surface area contributed by atoms with Gasteiger partial charge in [0.05, 0.1) is 0 Å². The van der Waals surface area contributed by atoms with E-state index in [0.29, 0.717) is 5.92 Å². The number of rotatable bonds is 3. The number of fused-ring (bicyclic) bond motifs is 1. The summed E-state index contributed by atoms with van der Waals surface area (Å²) < 4.78 is 0. The van der Waals surface area contributed by atoms with Crippen molar-refractivity contribution in [2.24, 2.45) is 17.7 Å². The molecule has 2 heterocycles. The molecule has 2 atom stereocenters. The molecule has 0 amide bonds. The van der Waals surface area contributed by atoms with Gasteiger partial charge in [-0.3, -0.25) is 0 Å². The second-order valence-electron chi connectivity index (χ2n) is 6.24. The zero-order valence-electron chi connectivity index (χ0n) is 11.2. The fourth-order valence-electron chi connectivity index (χ4n) is 3.63. The van der Waals surface area contributed by atoms with Gasteiger partial charge in [0.25, 0.3) is 0 Å². The van der Waals surface area contributed by atoms with Gasteiger partial charge >= 0.3 is 0 Å². The Labute approximate surface area is 113 Å². The zero-order chi connectivity index (χ0) is 12.8. The highest BCUT2D eigenvalue weighted by Gasteiger charge is 2.37. The van der Waals surface area contributed by atoms with E-state index in [2.05, 4.69) is 15.3 Å². The summed E-state index contributed by atoms with van der Waals surface area (Å²) in [4.78, 5) is 11.7. The fraction of sp³-hybridized carbons (Fsp3) is 0.714. The maximum atomic E-state index is 5.54. The predicted molar refractivity (Wildman–Crippen MR) is 74.9 cm³/mol. The van der Waals surface area contributed by atoms with Crippen LogP contribution in [0, 0.1) is 11.8 Å². The Bertz CT molecular complexity index is 473. The summed E-state index contributed by atoms with van der Waals surface area (Å²) in [5, 5.41) is 0. The number of hydrogen-bond donors (Lipinski definition) is 2. The molecular weight excluding hydrogens is 238 g/mol. The van der Waals surface area contributed by atoms with Crippen molar-refractivity contribution >= 4 is 11.6 Å². The van der Waals surface area contributed by atoms with E-state index in [4.69, 9.17) is 10.8 Å². The quantitative estimate of drug-likeness (QED) is 0.641. The Balaban J connectivity index is 1.61. The molecule has 2 aliphatic carbocycles. The van der Waals surface area contributed by atoms with Crippen LogP contribution in [0.2, 0.25) is 0 Å². The molecule has 1 aromatic heterocycles. The van der Waals surface area contributed by atoms with Crippen LogP contribution in [-0.4, -0.2) is 23.1 Å². The lowest BCUT2D eigenvalue weighted by atomic mass is 10.0. The van der Waals surface area contributed by atoms with Crippen molar-refractivity contribution in [2.75, 3.05) is 23.4 Å². The Hall–Kier alpha value is -1.36. The van der Waals surface area contributed by atoms with Crippen LogP contribution in [0.1, 0.15) is 43.8 Å². The summed E-state index contributed by atoms with van der Waals surface area (Å²) in [6.45, 7) is 2.32. The highest BCUT2D eigenvalue weighted by molar-refractivity contribution is 5.50. The van der Waals surface area contributed by atoms with Crippen molar-refractivity contribution in [3.63, 3.8) is 0 Å². The molecular formula is C14H21N5. The van der Waals surface area contributed by atoms with E-state index in [1.807, 2.05) is 6.07 Å². The zero-order valence-corrected chi connectivity index (χ0v) is 11.2. The van der Waals surface area contributed by atoms with Crippen molar-refractivity contribution in [2.45, 2.75) is 38.0 Å². The van der Waals surface area contributed by atoms with Gasteiger partial charge in [-0.25, -0.2) is 15.8 Å². The van der Waals surface area contributed by atoms with Gasteiger partial charge in [0.2, 0.25) is 0 Å². The number of nitrogen functional groups attached to an aromatic ring is 1. The number of anilines is 2. The SMILES string of the molecule is NNc1cc(N2CC3CCCC3C2)nc(C2CC2)n1. The van der Waals surface area contributed by atoms with Gasteiger partial charge in [-0.2, -0.15) is 0 Å². The van der Waals surface area contributed by atoms with Crippen molar-refractivity contribution < 1.29 is 0 Å². The molecule has 1 saturated heterocycles. The normalized spacial score (nSPS) is 29.6. The molecule has 3 fully saturated rings. The molecule has 0 radical (unpaired) electrons. The van der Waals surface area contributed by atoms with Gasteiger partial charge in [-0.1, -0.05) is 6.42 Å². The maximum Gasteiger partial charge on any atom is 0.145 e. The van der Waals surface area contributed by atoms with Crippen LogP contribution in [0.5, 0.6) is 0 Å². The van der Waals surface area contributed by atoms with Crippen LogP contribution in [0.25, 0.3) is 0 Å². The van der Waals surface area contributed by atoms with Gasteiger partial charge in [0.15, 0.2) is 0 Å². The number of nitrogens with one attached hydrogen (secondary N) is 1. The topological polar surface area (TPSA) is 67.1 Å². The molecule has 0 spiro atoms. The third kappa shape index (κ3) is 2.06. The number of hydrazine groups is 1. The second-order valence-corrected chi connectivity index (χ2v) is 6.24. The third-order valence-corrected chi connectivity index (χ3v) is 4.87. The van der Waals surface area contributed by atoms with E-state index in [9.17, 15) is 0 Å². The first-order valence-electron chi connectivity index (χ1n) is 7.44. The number of aromatic nitrogens is 2. The van der Waals surface area contributed by atoms with Crippen molar-refractivity contribution in [3.05, 3.63) is 11.9 Å². The monoisotopic (exact) mass is 259 g/mol. The highest BCUT2D eigenvalue weighted by Crippen LogP contribution is 2.41. The lowest BCUT2D eigenvalue weighted by Gasteiger charge is -2.19. The largest absolute Gasteiger partial charge is 0.356 e. The van der Waals surface area contributed by atoms with Crippen molar-refractivity contribution in [1.82, 2.24) is 9.97 Å². The molecule has 1 aromatic rings. The molecule has 3 aliphatic rings. The first-order valence-corrected chi connectivity index (χ1v) is 7.44. The molecule has 0 bridgehead atoms. The van der Waals surface area contributed by atoms with Gasteiger partial charge in [0.1, 0.15) is 17.5 Å². The molecule has 1 aliphatic heterocycles. The summed E-state index contributed by atoms with van der Waals surface area (Å²) in [7, 11) is 0. The molecule has 2 saturated carbocycles. The fourth-order valence-corrected chi connectivity index (χ4v) is 3.63. The van der Waals surface area contributed by atoms with Crippen molar-refractivity contribution in [3.8, 4) is 0 Å². The molecule has 102 valence electrons. The minimum absolute atomic E-state index is 0.564. The Kier molecular flexibility index (Phi) is 2.62. The van der Waals surface area contributed by atoms with Gasteiger partial charge in [-0.05, 0) is 37.5 Å². The summed E-state index contributed by atoms with van der Waals surface area (Å²) in [6, 6.07) is 1.99. The van der Waals surface area contributed by atoms with Crippen LogP contribution in [0.4, 0.5) is 11.6 Å². The third-order valence-electron chi connectivity index (χ3n) is 4.87. The summed E-state index contributed by atoms with van der Waals surface area (Å²) >= 11 is 0. The van der Waals surface area contributed by atoms with Crippen LogP contribution >= 0.6 is 0 Å². The molecule has 5 nitrogen and oxygen atoms in total. The van der Waals surface area contributed by atoms with E-state index >= 15 is 0 Å². The summed E-state index contributed by atoms with van der Waals surface area (Å²) in [5.74, 6) is 10.7. The first-order chi connectivity index (χ1) is 9.33. The number of hydrogen-bond acceptors (Lipinski definition) is 5. The second kappa shape index (κ2) is 4.34. The average Bonchev–Trinajstić information content (AvgIpc) is 3.06. The van der Waals surface area contributed by atoms with Crippen LogP contribution < -0.4 is 16.2 Å². The van der Waals surface area contributed by atoms with Crippen LogP contribution in [0.15, 0.2) is 6.07 Å². The summed E-state index contributed by atoms with van der Waals surface area (Å²) in [5.41, 5.74) is 2.69. The molecule has 2 unspecified atom stereocenters. The Morgan fingerprint density at radius 2 is 1.84 bits per heavy atom. The van der Waals surface area contributed by atoms with E-state index in [1.54, 1.807) is 0 Å². The number of nitrogens with two attached hydrogens (primary N) is 1. The van der Waals surface area contributed by atoms with E-state index < -0.39 is 0 Å². The smallest absolute Gasteiger partial charge is 0.145 e. The van der Waals surface area contributed by atoms with Crippen LogP contribution in [0.3, 0.4) is 0 Å². The number of nitrogens with zero attached hydrogens (tertiary/aromatic N) is 3. The Morgan fingerprint density at radius 1 is 1.11 bits per heavy atom. The molecule has 4 rings (SSSR count). The minimum atomic E-state index is 0.564. The predicted octanol–water partition coefficient (Wildman–Crippen LogP) is 1.88. The molecule has 3 N–H and O–H groups in total. The maximum absolute atomic E-state index is 5.54. The average molecular weight is 259 g/mol. The lowest BCUT2D eigenvalue weighted by Crippen LogP contribution is -2.23. The highest BCUT2D eigenvalue weighted by atomic mass is 15.3. The molecule has 5 heteroatoms. The molecule has 0 aromatic carbocycles. The Morgan fingerprint density at radius 3 is 2.47 bits per heavy atom. The van der Waals surface area contributed by atoms with Gasteiger partial charge < -0.3 is 10.3 Å². The van der Waals surface area contributed by atoms with E-state index in [0.717, 1.165) is 42.4 Å².